The quantitative estimate of drug-likeness (QED) is 0.447. The van der Waals surface area contributed by atoms with Gasteiger partial charge in [-0.15, -0.1) is 0 Å². The van der Waals surface area contributed by atoms with E-state index < -0.39 is 11.6 Å². The first-order valence-electron chi connectivity index (χ1n) is 8.71. The van der Waals surface area contributed by atoms with Crippen LogP contribution in [0.1, 0.15) is 44.6 Å². The Morgan fingerprint density at radius 2 is 1.76 bits per heavy atom. The van der Waals surface area contributed by atoms with Crippen molar-refractivity contribution in [3.63, 3.8) is 0 Å². The van der Waals surface area contributed by atoms with Gasteiger partial charge in [-0.1, -0.05) is 49.6 Å². The van der Waals surface area contributed by atoms with Crippen LogP contribution in [0.3, 0.4) is 0 Å². The molecule has 0 spiro atoms. The lowest BCUT2D eigenvalue weighted by Crippen LogP contribution is -2.14. The Bertz CT molecular complexity index is 755. The van der Waals surface area contributed by atoms with E-state index in [-0.39, 0.29) is 4.90 Å². The maximum Gasteiger partial charge on any atom is 0.141 e. The first-order chi connectivity index (χ1) is 12.1. The fourth-order valence-corrected chi connectivity index (χ4v) is 4.04. The molecule has 1 nitrogen and oxygen atoms in total. The minimum atomic E-state index is -0.689. The van der Waals surface area contributed by atoms with Crippen LogP contribution < -0.4 is 0 Å². The minimum Gasteiger partial charge on any atom is -0.206 e. The number of thiocyanates is 1. The highest BCUT2D eigenvalue weighted by Crippen LogP contribution is 2.36. The highest BCUT2D eigenvalue weighted by molar-refractivity contribution is 8.03. The number of nitrogens with zero attached hydrogens (tertiary/aromatic N) is 1. The van der Waals surface area contributed by atoms with Gasteiger partial charge in [0, 0.05) is 0 Å². The van der Waals surface area contributed by atoms with Crippen molar-refractivity contribution >= 4 is 17.3 Å². The molecule has 0 saturated heterocycles. The summed E-state index contributed by atoms with van der Waals surface area (Å²) in [7, 11) is 0. The summed E-state index contributed by atoms with van der Waals surface area (Å²) in [6, 6.07) is 2.61. The van der Waals surface area contributed by atoms with E-state index in [1.807, 2.05) is 12.2 Å². The number of nitriles is 1. The zero-order chi connectivity index (χ0) is 17.8. The lowest BCUT2D eigenvalue weighted by atomic mass is 9.78. The smallest absolute Gasteiger partial charge is 0.141 e. The van der Waals surface area contributed by atoms with Gasteiger partial charge >= 0.3 is 0 Å². The molecule has 0 unspecified atom stereocenters. The van der Waals surface area contributed by atoms with Crippen molar-refractivity contribution in [3.05, 3.63) is 59.2 Å². The van der Waals surface area contributed by atoms with Crippen LogP contribution in [0.25, 0.3) is 5.57 Å². The average molecular weight is 357 g/mol. The van der Waals surface area contributed by atoms with Gasteiger partial charge in [0.25, 0.3) is 0 Å². The van der Waals surface area contributed by atoms with Gasteiger partial charge in [-0.3, -0.25) is 0 Å². The second-order valence-electron chi connectivity index (χ2n) is 6.89. The van der Waals surface area contributed by atoms with Gasteiger partial charge in [0.05, 0.1) is 4.90 Å². The summed E-state index contributed by atoms with van der Waals surface area (Å²) in [4.78, 5) is -0.239. The molecule has 0 bridgehead atoms. The van der Waals surface area contributed by atoms with E-state index in [0.29, 0.717) is 23.2 Å². The fraction of sp³-hybridized carbons (Fsp3) is 0.381. The van der Waals surface area contributed by atoms with Crippen LogP contribution in [0.15, 0.2) is 46.9 Å². The third-order valence-corrected chi connectivity index (χ3v) is 5.83. The predicted molar refractivity (Wildman–Crippen MR) is 98.8 cm³/mol. The lowest BCUT2D eigenvalue weighted by Gasteiger charge is -2.27. The Kier molecular flexibility index (Phi) is 5.75. The molecule has 0 N–H and O–H groups in total. The van der Waals surface area contributed by atoms with Crippen molar-refractivity contribution in [1.29, 1.82) is 5.26 Å². The molecule has 0 aromatic heterocycles. The highest BCUT2D eigenvalue weighted by Gasteiger charge is 2.21. The number of hydrogen-bond acceptors (Lipinski definition) is 2. The van der Waals surface area contributed by atoms with Crippen molar-refractivity contribution < 1.29 is 8.78 Å². The summed E-state index contributed by atoms with van der Waals surface area (Å²) < 4.78 is 28.2. The molecule has 1 aromatic carbocycles. The average Bonchev–Trinajstić information content (AvgIpc) is 2.85. The normalized spacial score (nSPS) is 23.4. The molecule has 1 aromatic rings. The van der Waals surface area contributed by atoms with Crippen molar-refractivity contribution in [2.45, 2.75) is 43.9 Å². The second kappa shape index (κ2) is 8.01. The number of halogens is 2. The van der Waals surface area contributed by atoms with Crippen molar-refractivity contribution in [1.82, 2.24) is 0 Å². The Labute approximate surface area is 152 Å². The second-order valence-corrected chi connectivity index (χ2v) is 7.68. The molecule has 0 atom stereocenters. The van der Waals surface area contributed by atoms with Crippen LogP contribution >= 0.6 is 11.8 Å². The Balaban J connectivity index is 1.85. The minimum absolute atomic E-state index is 0.239. The molecule has 2 aliphatic carbocycles. The first kappa shape index (κ1) is 17.9. The molecule has 1 fully saturated rings. The lowest BCUT2D eigenvalue weighted by molar-refractivity contribution is 0.318. The SMILES string of the molecule is CC1CCC(C2=CC=C(c3cc(F)c(SC#N)c(F)c3)C=CC2)CC1. The third-order valence-electron chi connectivity index (χ3n) is 5.15. The number of rotatable bonds is 3. The predicted octanol–water partition coefficient (Wildman–Crippen LogP) is 6.63. The summed E-state index contributed by atoms with van der Waals surface area (Å²) in [5, 5.41) is 10.4. The maximum atomic E-state index is 14.1. The largest absolute Gasteiger partial charge is 0.206 e. The van der Waals surface area contributed by atoms with Gasteiger partial charge in [0.15, 0.2) is 0 Å². The van der Waals surface area contributed by atoms with E-state index >= 15 is 0 Å². The van der Waals surface area contributed by atoms with Crippen LogP contribution in [-0.4, -0.2) is 0 Å². The monoisotopic (exact) mass is 357 g/mol. The van der Waals surface area contributed by atoms with Crippen LogP contribution in [0.2, 0.25) is 0 Å². The molecule has 1 saturated carbocycles. The van der Waals surface area contributed by atoms with Crippen LogP contribution in [-0.2, 0) is 0 Å². The molecule has 0 radical (unpaired) electrons. The molecule has 3 rings (SSSR count). The zero-order valence-electron chi connectivity index (χ0n) is 14.3. The number of hydrogen-bond donors (Lipinski definition) is 0. The summed E-state index contributed by atoms with van der Waals surface area (Å²) in [6.45, 7) is 2.31. The van der Waals surface area contributed by atoms with Crippen LogP contribution in [0.4, 0.5) is 8.78 Å². The van der Waals surface area contributed by atoms with Crippen molar-refractivity contribution in [3.8, 4) is 5.40 Å². The maximum absolute atomic E-state index is 14.1. The zero-order valence-corrected chi connectivity index (χ0v) is 15.1. The van der Waals surface area contributed by atoms with E-state index in [4.69, 9.17) is 5.26 Å². The van der Waals surface area contributed by atoms with E-state index in [9.17, 15) is 8.78 Å². The van der Waals surface area contributed by atoms with E-state index in [1.165, 1.54) is 43.4 Å². The van der Waals surface area contributed by atoms with Gasteiger partial charge < -0.3 is 0 Å². The standard InChI is InChI=1S/C21H21F2NS/c1-14-5-7-17(8-6-14)15-3-2-4-16(10-9-15)18-11-19(22)21(25-13-24)20(23)12-18/h2,4,9-12,14,17H,3,5-8H2,1H3. The molecule has 0 aliphatic heterocycles. The summed E-state index contributed by atoms with van der Waals surface area (Å²) in [5.41, 5.74) is 2.71. The van der Waals surface area contributed by atoms with E-state index in [0.717, 1.165) is 17.9 Å². The topological polar surface area (TPSA) is 23.8 Å². The molecule has 2 aliphatic rings. The molecule has 4 heteroatoms. The number of thioether (sulfide) groups is 1. The number of allylic oxidation sites excluding steroid dienone is 6. The van der Waals surface area contributed by atoms with Crippen molar-refractivity contribution in [2.75, 3.05) is 0 Å². The molecule has 130 valence electrons. The van der Waals surface area contributed by atoms with Gasteiger partial charge in [-0.25, -0.2) is 8.78 Å². The Morgan fingerprint density at radius 3 is 2.40 bits per heavy atom. The van der Waals surface area contributed by atoms with Crippen LogP contribution in [0.5, 0.6) is 0 Å². The molecule has 0 amide bonds. The van der Waals surface area contributed by atoms with Gasteiger partial charge in [0.2, 0.25) is 0 Å². The van der Waals surface area contributed by atoms with Crippen LogP contribution in [0, 0.1) is 34.1 Å². The van der Waals surface area contributed by atoms with E-state index in [2.05, 4.69) is 19.1 Å². The Morgan fingerprint density at radius 1 is 1.08 bits per heavy atom. The van der Waals surface area contributed by atoms with Gasteiger partial charge in [-0.05, 0) is 66.1 Å². The molecule has 25 heavy (non-hydrogen) atoms. The highest BCUT2D eigenvalue weighted by atomic mass is 32.2. The first-order valence-corrected chi connectivity index (χ1v) is 9.52. The number of benzene rings is 1. The summed E-state index contributed by atoms with van der Waals surface area (Å²) in [6.07, 6.45) is 14.0. The van der Waals surface area contributed by atoms with Crippen molar-refractivity contribution in [2.24, 2.45) is 11.8 Å². The third kappa shape index (κ3) is 4.22. The fourth-order valence-electron chi connectivity index (χ4n) is 3.64. The van der Waals surface area contributed by atoms with E-state index in [1.54, 1.807) is 5.40 Å². The van der Waals surface area contributed by atoms with Gasteiger partial charge in [-0.2, -0.15) is 5.26 Å². The van der Waals surface area contributed by atoms with Gasteiger partial charge in [0.1, 0.15) is 17.0 Å². The molecular weight excluding hydrogens is 336 g/mol. The molecular formula is C21H21F2NS. The summed E-state index contributed by atoms with van der Waals surface area (Å²) >= 11 is 0.513. The summed E-state index contributed by atoms with van der Waals surface area (Å²) in [5.74, 6) is 0.0653. The molecule has 0 heterocycles. The Hall–Kier alpha value is -1.86.